The largest absolute Gasteiger partial charge is 0.354 e. The maximum atomic E-state index is 12.6. The van der Waals surface area contributed by atoms with Gasteiger partial charge in [0.25, 0.3) is 5.69 Å². The number of hydrogen-bond acceptors (Lipinski definition) is 7. The van der Waals surface area contributed by atoms with Crippen LogP contribution in [0.25, 0.3) is 0 Å². The molecule has 1 aliphatic rings. The Labute approximate surface area is 164 Å². The van der Waals surface area contributed by atoms with E-state index in [9.17, 15) is 18.5 Å². The van der Waals surface area contributed by atoms with E-state index in [4.69, 9.17) is 0 Å². The summed E-state index contributed by atoms with van der Waals surface area (Å²) in [7, 11) is -1.84. The lowest BCUT2D eigenvalue weighted by Gasteiger charge is -2.34. The van der Waals surface area contributed by atoms with Crippen molar-refractivity contribution < 1.29 is 13.3 Å². The third-order valence-corrected chi connectivity index (χ3v) is 6.21. The normalized spacial score (nSPS) is 15.6. The first-order valence-corrected chi connectivity index (χ1v) is 10.4. The van der Waals surface area contributed by atoms with E-state index < -0.39 is 14.9 Å². The molecule has 0 unspecified atom stereocenters. The van der Waals surface area contributed by atoms with Crippen LogP contribution in [0.5, 0.6) is 0 Å². The lowest BCUT2D eigenvalue weighted by atomic mass is 10.2. The first-order valence-electron chi connectivity index (χ1n) is 8.90. The number of anilines is 1. The van der Waals surface area contributed by atoms with Crippen molar-refractivity contribution in [2.24, 2.45) is 0 Å². The van der Waals surface area contributed by atoms with Gasteiger partial charge in [-0.3, -0.25) is 10.1 Å². The summed E-state index contributed by atoms with van der Waals surface area (Å²) in [6.07, 6.45) is 1.69. The minimum Gasteiger partial charge on any atom is -0.354 e. The highest BCUT2D eigenvalue weighted by atomic mass is 32.2. The zero-order valence-corrected chi connectivity index (χ0v) is 16.6. The van der Waals surface area contributed by atoms with Crippen LogP contribution in [0.15, 0.2) is 41.4 Å². The number of nitrogens with zero attached hydrogens (tertiary/aromatic N) is 4. The Morgan fingerprint density at radius 2 is 1.93 bits per heavy atom. The van der Waals surface area contributed by atoms with E-state index >= 15 is 0 Å². The molecule has 1 aliphatic heterocycles. The molecule has 0 aliphatic carbocycles. The highest BCUT2D eigenvalue weighted by molar-refractivity contribution is 7.89. The Kier molecular flexibility index (Phi) is 5.92. The molecule has 150 valence electrons. The molecule has 0 radical (unpaired) electrons. The van der Waals surface area contributed by atoms with E-state index in [1.54, 1.807) is 19.2 Å². The van der Waals surface area contributed by atoms with Crippen molar-refractivity contribution in [3.05, 3.63) is 57.8 Å². The number of benzene rings is 1. The number of aryl methyl sites for hydroxylation is 1. The predicted octanol–water partition coefficient (Wildman–Crippen LogP) is 1.53. The second-order valence-electron chi connectivity index (χ2n) is 6.81. The van der Waals surface area contributed by atoms with Crippen molar-refractivity contribution in [2.45, 2.75) is 18.4 Å². The van der Waals surface area contributed by atoms with E-state index in [1.165, 1.54) is 12.1 Å². The number of nitrogens with one attached hydrogen (secondary N) is 1. The molecule has 9 nitrogen and oxygen atoms in total. The third kappa shape index (κ3) is 4.46. The molecule has 2 aromatic rings. The summed E-state index contributed by atoms with van der Waals surface area (Å²) in [5.41, 5.74) is 0.952. The Morgan fingerprint density at radius 1 is 1.21 bits per heavy atom. The average molecular weight is 405 g/mol. The molecular formula is C18H23N5O4S. The molecule has 0 amide bonds. The van der Waals surface area contributed by atoms with Crippen LogP contribution in [0.1, 0.15) is 11.1 Å². The fourth-order valence-electron chi connectivity index (χ4n) is 3.08. The fourth-order valence-corrected chi connectivity index (χ4v) is 4.11. The maximum Gasteiger partial charge on any atom is 0.273 e. The molecule has 0 spiro atoms. The summed E-state index contributed by atoms with van der Waals surface area (Å²) in [6, 6.07) is 7.49. The van der Waals surface area contributed by atoms with Crippen molar-refractivity contribution in [1.29, 1.82) is 0 Å². The van der Waals surface area contributed by atoms with Crippen LogP contribution < -0.4 is 9.62 Å². The van der Waals surface area contributed by atoms with Gasteiger partial charge in [-0.05, 0) is 26.1 Å². The van der Waals surface area contributed by atoms with Gasteiger partial charge in [0.1, 0.15) is 5.82 Å². The van der Waals surface area contributed by atoms with Gasteiger partial charge in [-0.2, -0.15) is 0 Å². The van der Waals surface area contributed by atoms with Crippen LogP contribution in [0, 0.1) is 17.0 Å². The van der Waals surface area contributed by atoms with Crippen molar-refractivity contribution in [3.8, 4) is 0 Å². The highest BCUT2D eigenvalue weighted by Gasteiger charge is 2.22. The smallest absolute Gasteiger partial charge is 0.273 e. The summed E-state index contributed by atoms with van der Waals surface area (Å²) < 4.78 is 27.8. The van der Waals surface area contributed by atoms with Gasteiger partial charge in [0.2, 0.25) is 10.0 Å². The maximum absolute atomic E-state index is 12.6. The Balaban J connectivity index is 1.79. The molecule has 1 N–H and O–H groups in total. The van der Waals surface area contributed by atoms with Crippen LogP contribution in [0.2, 0.25) is 0 Å². The van der Waals surface area contributed by atoms with Crippen LogP contribution in [-0.2, 0) is 16.6 Å². The number of hydrogen-bond donors (Lipinski definition) is 1. The van der Waals surface area contributed by atoms with Gasteiger partial charge < -0.3 is 9.80 Å². The Hall–Kier alpha value is -2.56. The summed E-state index contributed by atoms with van der Waals surface area (Å²) in [6.45, 7) is 5.08. The Morgan fingerprint density at radius 3 is 2.61 bits per heavy atom. The molecule has 1 aromatic carbocycles. The lowest BCUT2D eigenvalue weighted by Crippen LogP contribution is -2.45. The summed E-state index contributed by atoms with van der Waals surface area (Å²) in [5, 5.41) is 11.1. The number of piperazine rings is 1. The van der Waals surface area contributed by atoms with Crippen LogP contribution >= 0.6 is 0 Å². The van der Waals surface area contributed by atoms with Gasteiger partial charge in [-0.1, -0.05) is 12.1 Å². The van der Waals surface area contributed by atoms with Gasteiger partial charge >= 0.3 is 0 Å². The van der Waals surface area contributed by atoms with E-state index in [0.29, 0.717) is 5.56 Å². The summed E-state index contributed by atoms with van der Waals surface area (Å²) in [4.78, 5) is 19.2. The molecule has 10 heteroatoms. The van der Waals surface area contributed by atoms with Crippen LogP contribution in [0.3, 0.4) is 0 Å². The van der Waals surface area contributed by atoms with Gasteiger partial charge in [0.05, 0.1) is 9.82 Å². The number of nitro groups is 1. The Bertz CT molecular complexity index is 972. The second-order valence-corrected chi connectivity index (χ2v) is 8.57. The summed E-state index contributed by atoms with van der Waals surface area (Å²) in [5.74, 6) is 0.758. The molecule has 2 heterocycles. The molecular weight excluding hydrogens is 382 g/mol. The molecule has 28 heavy (non-hydrogen) atoms. The zero-order valence-electron chi connectivity index (χ0n) is 15.8. The quantitative estimate of drug-likeness (QED) is 0.573. The van der Waals surface area contributed by atoms with Gasteiger partial charge in [0.15, 0.2) is 0 Å². The first kappa shape index (κ1) is 20.2. The van der Waals surface area contributed by atoms with Crippen molar-refractivity contribution >= 4 is 21.5 Å². The van der Waals surface area contributed by atoms with E-state index in [-0.39, 0.29) is 17.1 Å². The van der Waals surface area contributed by atoms with Crippen molar-refractivity contribution in [3.63, 3.8) is 0 Å². The lowest BCUT2D eigenvalue weighted by molar-refractivity contribution is -0.385. The van der Waals surface area contributed by atoms with Gasteiger partial charge in [-0.15, -0.1) is 0 Å². The fraction of sp³-hybridized carbons (Fsp3) is 0.389. The van der Waals surface area contributed by atoms with Crippen LogP contribution in [-0.4, -0.2) is 56.5 Å². The molecule has 1 fully saturated rings. The topological polar surface area (TPSA) is 109 Å². The van der Waals surface area contributed by atoms with E-state index in [2.05, 4.69) is 26.6 Å². The van der Waals surface area contributed by atoms with E-state index in [1.807, 2.05) is 6.07 Å². The van der Waals surface area contributed by atoms with Gasteiger partial charge in [0, 0.05) is 56.1 Å². The molecule has 0 atom stereocenters. The SMILES string of the molecule is Cc1ccc(S(=O)(=O)NCc2cccnc2N2CCN(C)CC2)cc1[N+](=O)[O-]. The number of pyridine rings is 1. The summed E-state index contributed by atoms with van der Waals surface area (Å²) >= 11 is 0. The number of aromatic nitrogens is 1. The highest BCUT2D eigenvalue weighted by Crippen LogP contribution is 2.23. The number of nitro benzene ring substituents is 1. The molecule has 0 saturated carbocycles. The average Bonchev–Trinajstić information content (AvgIpc) is 2.67. The van der Waals surface area contributed by atoms with Crippen LogP contribution in [0.4, 0.5) is 11.5 Å². The molecule has 1 aromatic heterocycles. The number of rotatable bonds is 6. The number of sulfonamides is 1. The third-order valence-electron chi connectivity index (χ3n) is 4.81. The first-order chi connectivity index (χ1) is 13.3. The van der Waals surface area contributed by atoms with Gasteiger partial charge in [-0.25, -0.2) is 18.1 Å². The number of likely N-dealkylation sites (N-methyl/N-ethyl adjacent to an activating group) is 1. The molecule has 1 saturated heterocycles. The standard InChI is InChI=1S/C18H23N5O4S/c1-14-5-6-16(12-17(14)23(24)25)28(26,27)20-13-15-4-3-7-19-18(15)22-10-8-21(2)9-11-22/h3-7,12,20H,8-11,13H2,1-2H3. The molecule has 3 rings (SSSR count). The zero-order chi connectivity index (χ0) is 20.3. The van der Waals surface area contributed by atoms with E-state index in [0.717, 1.165) is 43.6 Å². The minimum atomic E-state index is -3.90. The molecule has 0 bridgehead atoms. The van der Waals surface area contributed by atoms with Crippen molar-refractivity contribution in [1.82, 2.24) is 14.6 Å². The second kappa shape index (κ2) is 8.21. The minimum absolute atomic E-state index is 0.0551. The predicted molar refractivity (Wildman–Crippen MR) is 106 cm³/mol. The monoisotopic (exact) mass is 405 g/mol. The van der Waals surface area contributed by atoms with Crippen molar-refractivity contribution in [2.75, 3.05) is 38.1 Å².